The molecule has 0 unspecified atom stereocenters. The van der Waals surface area contributed by atoms with Gasteiger partial charge < -0.3 is 9.30 Å². The number of nitrogens with zero attached hydrogens (tertiary/aromatic N) is 1. The lowest BCUT2D eigenvalue weighted by molar-refractivity contribution is -0.124. The molecule has 0 fully saturated rings. The van der Waals surface area contributed by atoms with Gasteiger partial charge in [0.25, 0.3) is 5.91 Å². The highest BCUT2D eigenvalue weighted by molar-refractivity contribution is 5.90. The second-order valence-electron chi connectivity index (χ2n) is 4.21. The van der Waals surface area contributed by atoms with E-state index in [4.69, 9.17) is 9.94 Å². The van der Waals surface area contributed by atoms with Gasteiger partial charge in [-0.15, -0.1) is 0 Å². The molecular formula is C15H15FN2O3. The van der Waals surface area contributed by atoms with Crippen molar-refractivity contribution >= 4 is 12.0 Å². The minimum Gasteiger partial charge on any atom is -0.489 e. The molecule has 6 heteroatoms. The maximum absolute atomic E-state index is 13.4. The Bertz CT molecular complexity index is 637. The van der Waals surface area contributed by atoms with Crippen LogP contribution in [-0.2, 0) is 11.3 Å². The van der Waals surface area contributed by atoms with Gasteiger partial charge in [-0.05, 0) is 30.3 Å². The van der Waals surface area contributed by atoms with Gasteiger partial charge in [-0.25, -0.2) is 9.87 Å². The lowest BCUT2D eigenvalue weighted by atomic mass is 10.3. The number of carbonyl (C=O) groups excluding carboxylic acids is 1. The van der Waals surface area contributed by atoms with E-state index >= 15 is 0 Å². The van der Waals surface area contributed by atoms with Crippen molar-refractivity contribution in [2.75, 3.05) is 6.61 Å². The topological polar surface area (TPSA) is 63.5 Å². The molecule has 1 heterocycles. The number of carbonyl (C=O) groups is 1. The van der Waals surface area contributed by atoms with E-state index in [1.807, 2.05) is 22.9 Å². The number of benzene rings is 1. The van der Waals surface area contributed by atoms with Gasteiger partial charge in [0.2, 0.25) is 0 Å². The van der Waals surface area contributed by atoms with Crippen molar-refractivity contribution in [3.8, 4) is 5.75 Å². The molecule has 2 aromatic rings. The summed E-state index contributed by atoms with van der Waals surface area (Å²) in [5, 5.41) is 8.41. The molecular weight excluding hydrogens is 275 g/mol. The van der Waals surface area contributed by atoms with Crippen molar-refractivity contribution in [3.05, 3.63) is 60.2 Å². The summed E-state index contributed by atoms with van der Waals surface area (Å²) in [5.41, 5.74) is 2.29. The van der Waals surface area contributed by atoms with E-state index < -0.39 is 11.7 Å². The summed E-state index contributed by atoms with van der Waals surface area (Å²) in [6, 6.07) is 9.84. The average Bonchev–Trinajstić information content (AvgIpc) is 2.94. The minimum atomic E-state index is -0.606. The highest BCUT2D eigenvalue weighted by atomic mass is 19.1. The quantitative estimate of drug-likeness (QED) is 0.487. The zero-order valence-electron chi connectivity index (χ0n) is 11.2. The van der Waals surface area contributed by atoms with Crippen molar-refractivity contribution in [1.82, 2.24) is 10.0 Å². The van der Waals surface area contributed by atoms with Crippen LogP contribution in [0.4, 0.5) is 4.39 Å². The van der Waals surface area contributed by atoms with E-state index in [2.05, 4.69) is 0 Å². The second kappa shape index (κ2) is 7.25. The molecule has 0 saturated heterocycles. The lowest BCUT2D eigenvalue weighted by Gasteiger charge is -2.09. The van der Waals surface area contributed by atoms with Crippen LogP contribution in [0, 0.1) is 5.82 Å². The number of para-hydroxylation sites is 1. The number of hydrogen-bond acceptors (Lipinski definition) is 3. The van der Waals surface area contributed by atoms with Crippen molar-refractivity contribution in [2.24, 2.45) is 0 Å². The van der Waals surface area contributed by atoms with E-state index in [0.717, 1.165) is 5.69 Å². The van der Waals surface area contributed by atoms with E-state index in [0.29, 0.717) is 13.2 Å². The van der Waals surface area contributed by atoms with E-state index in [1.165, 1.54) is 17.6 Å². The summed E-state index contributed by atoms with van der Waals surface area (Å²) in [6.45, 7) is 0.796. The van der Waals surface area contributed by atoms with Crippen LogP contribution in [-0.4, -0.2) is 22.3 Å². The van der Waals surface area contributed by atoms with Crippen LogP contribution in [0.1, 0.15) is 5.69 Å². The number of aromatic nitrogens is 1. The Morgan fingerprint density at radius 3 is 2.90 bits per heavy atom. The molecule has 0 atom stereocenters. The van der Waals surface area contributed by atoms with Crippen LogP contribution < -0.4 is 10.2 Å². The first-order valence-electron chi connectivity index (χ1n) is 6.35. The van der Waals surface area contributed by atoms with Crippen molar-refractivity contribution in [3.63, 3.8) is 0 Å². The largest absolute Gasteiger partial charge is 0.489 e. The van der Waals surface area contributed by atoms with Crippen molar-refractivity contribution in [2.45, 2.75) is 6.54 Å². The second-order valence-corrected chi connectivity index (χ2v) is 4.21. The van der Waals surface area contributed by atoms with Crippen LogP contribution >= 0.6 is 0 Å². The van der Waals surface area contributed by atoms with Gasteiger partial charge in [-0.2, -0.15) is 0 Å². The standard InChI is InChI=1S/C15H15FN2O3/c16-13-5-1-2-6-14(13)21-11-10-18-9-3-4-12(18)7-8-15(19)17-20/h1-9,20H,10-11H2,(H,17,19)/b8-7+. The highest BCUT2D eigenvalue weighted by Gasteiger charge is 2.02. The molecule has 110 valence electrons. The Balaban J connectivity index is 1.92. The monoisotopic (exact) mass is 290 g/mol. The zero-order chi connectivity index (χ0) is 15.1. The van der Waals surface area contributed by atoms with Crippen LogP contribution in [0.3, 0.4) is 0 Å². The summed E-state index contributed by atoms with van der Waals surface area (Å²) in [4.78, 5) is 10.9. The first kappa shape index (κ1) is 14.8. The van der Waals surface area contributed by atoms with Gasteiger partial charge in [0.15, 0.2) is 11.6 Å². The fourth-order valence-corrected chi connectivity index (χ4v) is 1.80. The van der Waals surface area contributed by atoms with Gasteiger partial charge in [0.05, 0.1) is 6.54 Å². The van der Waals surface area contributed by atoms with Gasteiger partial charge in [0.1, 0.15) is 6.61 Å². The molecule has 0 bridgehead atoms. The fraction of sp³-hybridized carbons (Fsp3) is 0.133. The summed E-state index contributed by atoms with van der Waals surface area (Å²) in [6.07, 6.45) is 4.60. The Morgan fingerprint density at radius 1 is 1.33 bits per heavy atom. The van der Waals surface area contributed by atoms with Crippen molar-refractivity contribution in [1.29, 1.82) is 0 Å². The molecule has 2 N–H and O–H groups in total. The number of hydrogen-bond donors (Lipinski definition) is 2. The van der Waals surface area contributed by atoms with E-state index in [-0.39, 0.29) is 5.75 Å². The summed E-state index contributed by atoms with van der Waals surface area (Å²) in [5.74, 6) is -0.795. The molecule has 0 aliphatic heterocycles. The van der Waals surface area contributed by atoms with Crippen LogP contribution in [0.5, 0.6) is 5.75 Å². The zero-order valence-corrected chi connectivity index (χ0v) is 11.2. The van der Waals surface area contributed by atoms with Gasteiger partial charge >= 0.3 is 0 Å². The maximum atomic E-state index is 13.4. The Kier molecular flexibility index (Phi) is 5.11. The number of nitrogens with one attached hydrogen (secondary N) is 1. The molecule has 0 aliphatic rings. The molecule has 2 rings (SSSR count). The number of hydroxylamine groups is 1. The maximum Gasteiger partial charge on any atom is 0.267 e. The van der Waals surface area contributed by atoms with Crippen LogP contribution in [0.2, 0.25) is 0 Å². The van der Waals surface area contributed by atoms with Gasteiger partial charge in [-0.1, -0.05) is 12.1 Å². The number of amides is 1. The smallest absolute Gasteiger partial charge is 0.267 e. The fourth-order valence-electron chi connectivity index (χ4n) is 1.80. The van der Waals surface area contributed by atoms with Crippen LogP contribution in [0.25, 0.3) is 6.08 Å². The predicted octanol–water partition coefficient (Wildman–Crippen LogP) is 2.22. The third-order valence-electron chi connectivity index (χ3n) is 2.81. The molecule has 0 saturated carbocycles. The lowest BCUT2D eigenvalue weighted by Crippen LogP contribution is -2.15. The Morgan fingerprint density at radius 2 is 2.14 bits per heavy atom. The summed E-state index contributed by atoms with van der Waals surface area (Å²) < 4.78 is 20.6. The molecule has 0 spiro atoms. The molecule has 0 radical (unpaired) electrons. The highest BCUT2D eigenvalue weighted by Crippen LogP contribution is 2.15. The molecule has 21 heavy (non-hydrogen) atoms. The number of ether oxygens (including phenoxy) is 1. The Labute approximate surface area is 121 Å². The van der Waals surface area contributed by atoms with Crippen molar-refractivity contribution < 1.29 is 19.1 Å². The normalized spacial score (nSPS) is 10.8. The first-order valence-corrected chi connectivity index (χ1v) is 6.35. The molecule has 5 nitrogen and oxygen atoms in total. The predicted molar refractivity (Wildman–Crippen MR) is 75.3 cm³/mol. The number of rotatable bonds is 6. The average molecular weight is 290 g/mol. The molecule has 1 aromatic carbocycles. The van der Waals surface area contributed by atoms with Gasteiger partial charge in [-0.3, -0.25) is 10.0 Å². The van der Waals surface area contributed by atoms with E-state index in [9.17, 15) is 9.18 Å². The molecule has 1 amide bonds. The Hall–Kier alpha value is -2.60. The SMILES string of the molecule is O=C(/C=C/c1cccn1CCOc1ccccc1F)NO. The summed E-state index contributed by atoms with van der Waals surface area (Å²) >= 11 is 0. The van der Waals surface area contributed by atoms with Crippen LogP contribution in [0.15, 0.2) is 48.7 Å². The molecule has 1 aromatic heterocycles. The third kappa shape index (κ3) is 4.19. The minimum absolute atomic E-state index is 0.210. The number of halogens is 1. The first-order chi connectivity index (χ1) is 10.2. The van der Waals surface area contributed by atoms with Gasteiger partial charge in [0, 0.05) is 18.0 Å². The third-order valence-corrected chi connectivity index (χ3v) is 2.81. The summed E-state index contributed by atoms with van der Waals surface area (Å²) in [7, 11) is 0. The van der Waals surface area contributed by atoms with E-state index in [1.54, 1.807) is 24.3 Å². The molecule has 0 aliphatic carbocycles.